The number of nitrogens with one attached hydrogen (secondary N) is 3. The number of amides is 3. The van der Waals surface area contributed by atoms with Crippen molar-refractivity contribution in [3.63, 3.8) is 0 Å². The van der Waals surface area contributed by atoms with Crippen molar-refractivity contribution in [2.75, 3.05) is 10.6 Å². The predicted molar refractivity (Wildman–Crippen MR) is 104 cm³/mol. The standard InChI is InChI=1S/C19H19ClFN3O4/c1-11(22-19(27)23-14-6-4-3-5-7-14)18(26)28-12(2)17(25)24-16-9-8-13(21)10-15(16)20/h3-12H,1-2H3,(H,24,25)(H2,22,23,27)/t11-,12-/m0/s1. The van der Waals surface area contributed by atoms with Crippen molar-refractivity contribution < 1.29 is 23.5 Å². The van der Waals surface area contributed by atoms with Crippen molar-refractivity contribution in [3.8, 4) is 0 Å². The zero-order valence-corrected chi connectivity index (χ0v) is 15.9. The zero-order valence-electron chi connectivity index (χ0n) is 15.2. The fourth-order valence-corrected chi connectivity index (χ4v) is 2.31. The van der Waals surface area contributed by atoms with Gasteiger partial charge in [0.25, 0.3) is 5.91 Å². The number of halogens is 2. The van der Waals surface area contributed by atoms with Crippen LogP contribution >= 0.6 is 11.6 Å². The molecule has 2 rings (SSSR count). The average molecular weight is 408 g/mol. The van der Waals surface area contributed by atoms with Gasteiger partial charge in [0, 0.05) is 5.69 Å². The van der Waals surface area contributed by atoms with Crippen LogP contribution in [-0.4, -0.2) is 30.1 Å². The minimum atomic E-state index is -1.16. The predicted octanol–water partition coefficient (Wildman–Crippen LogP) is 3.56. The Morgan fingerprint density at radius 2 is 1.71 bits per heavy atom. The molecule has 0 aromatic heterocycles. The van der Waals surface area contributed by atoms with Gasteiger partial charge in [-0.25, -0.2) is 14.0 Å². The second-order valence-corrected chi connectivity index (χ2v) is 6.29. The number of ether oxygens (including phenoxy) is 1. The first-order valence-corrected chi connectivity index (χ1v) is 8.73. The van der Waals surface area contributed by atoms with E-state index >= 15 is 0 Å². The van der Waals surface area contributed by atoms with E-state index in [9.17, 15) is 18.8 Å². The molecule has 28 heavy (non-hydrogen) atoms. The molecular formula is C19H19ClFN3O4. The van der Waals surface area contributed by atoms with Gasteiger partial charge in [-0.3, -0.25) is 4.79 Å². The molecule has 9 heteroatoms. The Bertz CT molecular complexity index is 864. The zero-order chi connectivity index (χ0) is 20.7. The molecule has 0 aliphatic heterocycles. The first-order valence-electron chi connectivity index (χ1n) is 8.35. The van der Waals surface area contributed by atoms with Crippen molar-refractivity contribution in [3.05, 3.63) is 59.4 Å². The molecule has 0 unspecified atom stereocenters. The maximum absolute atomic E-state index is 13.0. The van der Waals surface area contributed by atoms with Gasteiger partial charge in [-0.05, 0) is 44.2 Å². The molecule has 2 atom stereocenters. The lowest BCUT2D eigenvalue weighted by Gasteiger charge is -2.18. The molecule has 0 bridgehead atoms. The second kappa shape index (κ2) is 9.70. The summed E-state index contributed by atoms with van der Waals surface area (Å²) >= 11 is 5.84. The molecule has 0 aliphatic rings. The molecule has 2 aromatic rings. The van der Waals surface area contributed by atoms with Gasteiger partial charge in [0.05, 0.1) is 10.7 Å². The third-order valence-electron chi connectivity index (χ3n) is 3.58. The summed E-state index contributed by atoms with van der Waals surface area (Å²) in [4.78, 5) is 36.1. The first-order chi connectivity index (χ1) is 13.3. The van der Waals surface area contributed by atoms with E-state index in [-0.39, 0.29) is 10.7 Å². The van der Waals surface area contributed by atoms with Gasteiger partial charge in [0.15, 0.2) is 6.10 Å². The Morgan fingerprint density at radius 1 is 1.04 bits per heavy atom. The quantitative estimate of drug-likeness (QED) is 0.638. The highest BCUT2D eigenvalue weighted by molar-refractivity contribution is 6.33. The van der Waals surface area contributed by atoms with E-state index in [0.717, 1.165) is 12.1 Å². The molecule has 0 aliphatic carbocycles. The number of urea groups is 1. The highest BCUT2D eigenvalue weighted by Gasteiger charge is 2.23. The van der Waals surface area contributed by atoms with Crippen LogP contribution in [0, 0.1) is 5.82 Å². The molecule has 3 N–H and O–H groups in total. The van der Waals surface area contributed by atoms with Crippen LogP contribution in [0.4, 0.5) is 20.6 Å². The molecule has 7 nitrogen and oxygen atoms in total. The summed E-state index contributed by atoms with van der Waals surface area (Å²) in [6.45, 7) is 2.79. The number of benzene rings is 2. The average Bonchev–Trinajstić information content (AvgIpc) is 2.64. The van der Waals surface area contributed by atoms with Gasteiger partial charge in [-0.15, -0.1) is 0 Å². The minimum absolute atomic E-state index is 0.0134. The van der Waals surface area contributed by atoms with Crippen LogP contribution in [0.25, 0.3) is 0 Å². The largest absolute Gasteiger partial charge is 0.451 e. The van der Waals surface area contributed by atoms with Crippen molar-refractivity contribution in [1.82, 2.24) is 5.32 Å². The van der Waals surface area contributed by atoms with E-state index in [1.54, 1.807) is 30.3 Å². The van der Waals surface area contributed by atoms with Crippen LogP contribution in [0.1, 0.15) is 13.8 Å². The molecule has 0 saturated carbocycles. The molecule has 0 fully saturated rings. The molecular weight excluding hydrogens is 389 g/mol. The Labute approximate surface area is 166 Å². The number of esters is 1. The van der Waals surface area contributed by atoms with Crippen molar-refractivity contribution in [1.29, 1.82) is 0 Å². The van der Waals surface area contributed by atoms with Crippen LogP contribution in [0.15, 0.2) is 48.5 Å². The number of rotatable bonds is 6. The topological polar surface area (TPSA) is 96.5 Å². The van der Waals surface area contributed by atoms with Gasteiger partial charge in [-0.1, -0.05) is 29.8 Å². The fourth-order valence-electron chi connectivity index (χ4n) is 2.10. The lowest BCUT2D eigenvalue weighted by molar-refractivity contribution is -0.154. The van der Waals surface area contributed by atoms with E-state index in [4.69, 9.17) is 16.3 Å². The third kappa shape index (κ3) is 6.24. The molecule has 2 aromatic carbocycles. The Kier molecular flexibility index (Phi) is 7.34. The first kappa shape index (κ1) is 21.2. The van der Waals surface area contributed by atoms with Crippen LogP contribution in [0.2, 0.25) is 5.02 Å². The maximum atomic E-state index is 13.0. The van der Waals surface area contributed by atoms with Crippen molar-refractivity contribution in [2.24, 2.45) is 0 Å². The molecule has 0 radical (unpaired) electrons. The summed E-state index contributed by atoms with van der Waals surface area (Å²) in [6.07, 6.45) is -1.16. The van der Waals surface area contributed by atoms with Crippen LogP contribution < -0.4 is 16.0 Å². The summed E-state index contributed by atoms with van der Waals surface area (Å²) in [5, 5.41) is 7.44. The summed E-state index contributed by atoms with van der Waals surface area (Å²) in [5.41, 5.74) is 0.744. The summed E-state index contributed by atoms with van der Waals surface area (Å²) in [7, 11) is 0. The molecule has 0 saturated heterocycles. The summed E-state index contributed by atoms with van der Waals surface area (Å²) < 4.78 is 18.1. The Hall–Kier alpha value is -3.13. The molecule has 3 amide bonds. The monoisotopic (exact) mass is 407 g/mol. The van der Waals surface area contributed by atoms with Gasteiger partial charge in [0.1, 0.15) is 11.9 Å². The maximum Gasteiger partial charge on any atom is 0.329 e. The number of hydrogen-bond donors (Lipinski definition) is 3. The molecule has 0 heterocycles. The van der Waals surface area contributed by atoms with Crippen LogP contribution in [-0.2, 0) is 14.3 Å². The van der Waals surface area contributed by atoms with Gasteiger partial charge in [-0.2, -0.15) is 0 Å². The molecule has 148 valence electrons. The normalized spacial score (nSPS) is 12.4. The minimum Gasteiger partial charge on any atom is -0.451 e. The number of carbonyl (C=O) groups excluding carboxylic acids is 3. The number of carbonyl (C=O) groups is 3. The smallest absolute Gasteiger partial charge is 0.329 e. The van der Waals surface area contributed by atoms with E-state index in [1.165, 1.54) is 19.9 Å². The highest BCUT2D eigenvalue weighted by Crippen LogP contribution is 2.22. The van der Waals surface area contributed by atoms with E-state index in [2.05, 4.69) is 16.0 Å². The van der Waals surface area contributed by atoms with E-state index in [1.807, 2.05) is 0 Å². The van der Waals surface area contributed by atoms with Crippen molar-refractivity contribution >= 4 is 40.9 Å². The highest BCUT2D eigenvalue weighted by atomic mass is 35.5. The summed E-state index contributed by atoms with van der Waals surface area (Å²) in [5.74, 6) is -1.99. The van der Waals surface area contributed by atoms with Gasteiger partial charge >= 0.3 is 12.0 Å². The fraction of sp³-hybridized carbons (Fsp3) is 0.211. The number of hydrogen-bond acceptors (Lipinski definition) is 4. The number of para-hydroxylation sites is 1. The van der Waals surface area contributed by atoms with Crippen LogP contribution in [0.5, 0.6) is 0 Å². The second-order valence-electron chi connectivity index (χ2n) is 5.88. The van der Waals surface area contributed by atoms with Crippen molar-refractivity contribution in [2.45, 2.75) is 26.0 Å². The lowest BCUT2D eigenvalue weighted by atomic mass is 10.3. The van der Waals surface area contributed by atoms with E-state index in [0.29, 0.717) is 5.69 Å². The Balaban J connectivity index is 1.84. The Morgan fingerprint density at radius 3 is 2.36 bits per heavy atom. The third-order valence-corrected chi connectivity index (χ3v) is 3.90. The SMILES string of the molecule is C[C@H](NC(=O)Nc1ccccc1)C(=O)O[C@@H](C)C(=O)Nc1ccc(F)cc1Cl. The number of anilines is 2. The van der Waals surface area contributed by atoms with E-state index < -0.39 is 35.9 Å². The van der Waals surface area contributed by atoms with Crippen LogP contribution in [0.3, 0.4) is 0 Å². The van der Waals surface area contributed by atoms with Gasteiger partial charge in [0.2, 0.25) is 0 Å². The lowest BCUT2D eigenvalue weighted by Crippen LogP contribution is -2.44. The van der Waals surface area contributed by atoms with Gasteiger partial charge < -0.3 is 20.7 Å². The molecule has 0 spiro atoms. The summed E-state index contributed by atoms with van der Waals surface area (Å²) in [6, 6.07) is 10.6.